The number of piperazine rings is 1. The molecule has 1 fully saturated rings. The topological polar surface area (TPSA) is 63.8 Å². The summed E-state index contributed by atoms with van der Waals surface area (Å²) in [6.07, 6.45) is 0. The fourth-order valence-electron chi connectivity index (χ4n) is 4.93. The summed E-state index contributed by atoms with van der Waals surface area (Å²) in [4.78, 5) is 21.9. The Kier molecular flexibility index (Phi) is 5.30. The van der Waals surface area contributed by atoms with E-state index in [1.807, 2.05) is 0 Å². The maximum atomic E-state index is 4.92. The van der Waals surface area contributed by atoms with Gasteiger partial charge in [-0.1, -0.05) is 0 Å². The Bertz CT molecular complexity index is 1210. The number of aryl methyl sites for hydroxylation is 4. The summed E-state index contributed by atoms with van der Waals surface area (Å²) < 4.78 is 0. The van der Waals surface area contributed by atoms with Crippen LogP contribution in [0.15, 0.2) is 12.1 Å². The van der Waals surface area contributed by atoms with Crippen molar-refractivity contribution in [2.24, 2.45) is 0 Å². The molecule has 0 aliphatic carbocycles. The minimum Gasteiger partial charge on any atom is -0.341 e. The molecule has 0 unspecified atom stereocenters. The minimum atomic E-state index is 0. The van der Waals surface area contributed by atoms with E-state index in [0.717, 1.165) is 73.0 Å². The van der Waals surface area contributed by atoms with E-state index in [9.17, 15) is 0 Å². The highest BCUT2D eigenvalue weighted by atomic mass is 15.3. The average Bonchev–Trinajstić information content (AvgIpc) is 3.35. The molecule has 2 aromatic heterocycles. The summed E-state index contributed by atoms with van der Waals surface area (Å²) in [7, 11) is 0. The molecule has 32 heavy (non-hydrogen) atoms. The van der Waals surface area contributed by atoms with Crippen LogP contribution >= 0.6 is 0 Å². The molecule has 2 N–H and O–H groups in total. The van der Waals surface area contributed by atoms with Crippen LogP contribution in [0.4, 0.5) is 0 Å². The van der Waals surface area contributed by atoms with Crippen LogP contribution in [0.2, 0.25) is 0 Å². The Hall–Kier alpha value is -2.70. The first-order valence-electron chi connectivity index (χ1n) is 11.7. The first-order valence-corrected chi connectivity index (χ1v) is 11.7. The number of H-pyrrole nitrogens is 2. The summed E-state index contributed by atoms with van der Waals surface area (Å²) >= 11 is 0. The highest BCUT2D eigenvalue weighted by molar-refractivity contribution is 5.82. The third-order valence-electron chi connectivity index (χ3n) is 7.51. The molecule has 1 aliphatic rings. The molecular formula is C26H38N6. The third-order valence-corrected chi connectivity index (χ3v) is 7.51. The summed E-state index contributed by atoms with van der Waals surface area (Å²) in [6.45, 7) is 19.0. The van der Waals surface area contributed by atoms with E-state index >= 15 is 0 Å². The summed E-state index contributed by atoms with van der Waals surface area (Å²) in [5.41, 5.74) is 12.5. The monoisotopic (exact) mass is 434 g/mol. The van der Waals surface area contributed by atoms with Crippen molar-refractivity contribution >= 4 is 22.1 Å². The van der Waals surface area contributed by atoms with Gasteiger partial charge in [0.25, 0.3) is 0 Å². The van der Waals surface area contributed by atoms with E-state index in [4.69, 9.17) is 9.97 Å². The quantitative estimate of drug-likeness (QED) is 0.469. The highest BCUT2D eigenvalue weighted by Gasteiger charge is 2.20. The zero-order valence-corrected chi connectivity index (χ0v) is 20.2. The van der Waals surface area contributed by atoms with Crippen molar-refractivity contribution in [3.05, 3.63) is 57.2 Å². The van der Waals surface area contributed by atoms with Gasteiger partial charge in [-0.25, -0.2) is 9.97 Å². The summed E-state index contributed by atoms with van der Waals surface area (Å²) in [6, 6.07) is 4.45. The second kappa shape index (κ2) is 8.01. The fourth-order valence-corrected chi connectivity index (χ4v) is 4.93. The van der Waals surface area contributed by atoms with Crippen molar-refractivity contribution in [2.75, 3.05) is 26.2 Å². The highest BCUT2D eigenvalue weighted by Crippen LogP contribution is 2.25. The van der Waals surface area contributed by atoms with Crippen LogP contribution in [0.5, 0.6) is 0 Å². The number of aromatic nitrogens is 4. The summed E-state index contributed by atoms with van der Waals surface area (Å²) in [5.74, 6) is 2.14. The number of hydrogen-bond acceptors (Lipinski definition) is 4. The smallest absolute Gasteiger partial charge is 0.121 e. The average molecular weight is 435 g/mol. The predicted molar refractivity (Wildman–Crippen MR) is 135 cm³/mol. The first kappa shape index (κ1) is 21.2. The summed E-state index contributed by atoms with van der Waals surface area (Å²) in [5, 5.41) is 0. The molecular weight excluding hydrogens is 396 g/mol. The molecule has 172 valence electrons. The molecule has 0 atom stereocenters. The van der Waals surface area contributed by atoms with Gasteiger partial charge in [-0.3, -0.25) is 9.80 Å². The normalized spacial score (nSPS) is 15.9. The molecule has 3 heterocycles. The first-order chi connectivity index (χ1) is 15.3. The molecule has 0 spiro atoms. The van der Waals surface area contributed by atoms with Gasteiger partial charge in [-0.15, -0.1) is 0 Å². The lowest BCUT2D eigenvalue weighted by atomic mass is 10.0. The SMILES string of the molecule is Cc1cc2[nH]c(CN3CCN(Cc4nc5c(C)c(C)c(C)cc5[nH]4)CC3)nc2c(C)c1C.[HH].[HH]. The van der Waals surface area contributed by atoms with Gasteiger partial charge in [0.1, 0.15) is 11.6 Å². The van der Waals surface area contributed by atoms with Gasteiger partial charge in [-0.05, 0) is 87.1 Å². The predicted octanol–water partition coefficient (Wildman–Crippen LogP) is 5.10. The van der Waals surface area contributed by atoms with Gasteiger partial charge in [0.15, 0.2) is 0 Å². The molecule has 6 heteroatoms. The lowest BCUT2D eigenvalue weighted by Gasteiger charge is -2.33. The Morgan fingerprint density at radius 1 is 0.656 bits per heavy atom. The molecule has 0 saturated carbocycles. The van der Waals surface area contributed by atoms with Gasteiger partial charge in [0.2, 0.25) is 0 Å². The lowest BCUT2D eigenvalue weighted by molar-refractivity contribution is 0.118. The molecule has 5 rings (SSSR count). The minimum absolute atomic E-state index is 0. The number of nitrogens with one attached hydrogen (secondary N) is 2. The number of fused-ring (bicyclic) bond motifs is 2. The third kappa shape index (κ3) is 3.71. The van der Waals surface area contributed by atoms with Crippen LogP contribution in [0.1, 0.15) is 47.9 Å². The molecule has 4 aromatic rings. The fraction of sp³-hybridized carbons (Fsp3) is 0.462. The molecule has 0 radical (unpaired) electrons. The van der Waals surface area contributed by atoms with Gasteiger partial charge in [0.05, 0.1) is 35.2 Å². The van der Waals surface area contributed by atoms with E-state index in [0.29, 0.717) is 0 Å². The molecule has 1 aliphatic heterocycles. The van der Waals surface area contributed by atoms with Crippen molar-refractivity contribution in [2.45, 2.75) is 54.6 Å². The molecule has 0 bridgehead atoms. The number of nitrogens with zero attached hydrogens (tertiary/aromatic N) is 4. The number of aromatic amines is 2. The number of imidazole rings is 2. The van der Waals surface area contributed by atoms with E-state index in [1.54, 1.807) is 0 Å². The van der Waals surface area contributed by atoms with Gasteiger partial charge >= 0.3 is 0 Å². The Balaban J connectivity index is 0.00000162. The van der Waals surface area contributed by atoms with Crippen molar-refractivity contribution in [1.29, 1.82) is 0 Å². The van der Waals surface area contributed by atoms with Crippen molar-refractivity contribution < 1.29 is 2.85 Å². The zero-order chi connectivity index (χ0) is 22.6. The number of hydrogen-bond donors (Lipinski definition) is 2. The van der Waals surface area contributed by atoms with Crippen molar-refractivity contribution in [3.8, 4) is 0 Å². The molecule has 1 saturated heterocycles. The lowest BCUT2D eigenvalue weighted by Crippen LogP contribution is -2.45. The maximum absolute atomic E-state index is 4.92. The zero-order valence-electron chi connectivity index (χ0n) is 20.2. The van der Waals surface area contributed by atoms with Crippen LogP contribution in [-0.2, 0) is 13.1 Å². The number of rotatable bonds is 4. The maximum Gasteiger partial charge on any atom is 0.121 e. The molecule has 2 aromatic carbocycles. The number of benzene rings is 2. The molecule has 0 amide bonds. The van der Waals surface area contributed by atoms with Crippen molar-refractivity contribution in [3.63, 3.8) is 0 Å². The van der Waals surface area contributed by atoms with E-state index in [1.165, 1.54) is 33.4 Å². The van der Waals surface area contributed by atoms with Crippen LogP contribution in [0.3, 0.4) is 0 Å². The molecule has 6 nitrogen and oxygen atoms in total. The second-order valence-electron chi connectivity index (χ2n) is 9.60. The van der Waals surface area contributed by atoms with Crippen molar-refractivity contribution in [1.82, 2.24) is 29.7 Å². The second-order valence-corrected chi connectivity index (χ2v) is 9.60. The Labute approximate surface area is 193 Å². The van der Waals surface area contributed by atoms with E-state index < -0.39 is 0 Å². The van der Waals surface area contributed by atoms with Crippen LogP contribution in [0.25, 0.3) is 22.1 Å². The van der Waals surface area contributed by atoms with Crippen LogP contribution < -0.4 is 0 Å². The van der Waals surface area contributed by atoms with Gasteiger partial charge < -0.3 is 9.97 Å². The van der Waals surface area contributed by atoms with Gasteiger partial charge in [0, 0.05) is 29.0 Å². The largest absolute Gasteiger partial charge is 0.341 e. The van der Waals surface area contributed by atoms with E-state index in [2.05, 4.69) is 73.4 Å². The van der Waals surface area contributed by atoms with Crippen LogP contribution in [0, 0.1) is 41.5 Å². The standard InChI is InChI=1S/C26H34N6.2H2/c1-15-11-21-25(19(5)17(15)3)29-23(27-21)13-31-7-9-32(10-8-31)14-24-28-22-12-16(2)18(4)20(6)26(22)30-24;;/h11-12H,7-10,13-14H2,1-6H3,(H,27,29)(H,28,30);2*1H. The Morgan fingerprint density at radius 3 is 1.41 bits per heavy atom. The van der Waals surface area contributed by atoms with Crippen LogP contribution in [-0.4, -0.2) is 55.9 Å². The van der Waals surface area contributed by atoms with E-state index in [-0.39, 0.29) is 2.85 Å². The van der Waals surface area contributed by atoms with Gasteiger partial charge in [-0.2, -0.15) is 0 Å². The Morgan fingerprint density at radius 2 is 1.03 bits per heavy atom.